The summed E-state index contributed by atoms with van der Waals surface area (Å²) in [5.74, 6) is -0.835. The van der Waals surface area contributed by atoms with Gasteiger partial charge >= 0.3 is 11.8 Å². The Balaban J connectivity index is 1.50. The third kappa shape index (κ3) is 2.00. The predicted molar refractivity (Wildman–Crippen MR) is 66.9 cm³/mol. The highest BCUT2D eigenvalue weighted by atomic mass is 16.8. The lowest BCUT2D eigenvalue weighted by molar-refractivity contribution is -0.389. The fourth-order valence-electron chi connectivity index (χ4n) is 3.13. The maximum atomic E-state index is 10.7. The predicted octanol–water partition coefficient (Wildman–Crippen LogP) is 0.471. The molecule has 114 valence electrons. The molecule has 0 amide bonds. The van der Waals surface area contributed by atoms with Gasteiger partial charge in [-0.15, -0.1) is 0 Å². The van der Waals surface area contributed by atoms with Crippen molar-refractivity contribution in [3.05, 3.63) is 16.3 Å². The Bertz CT molecular complexity index is 576. The Morgan fingerprint density at radius 1 is 1.38 bits per heavy atom. The van der Waals surface area contributed by atoms with Gasteiger partial charge in [-0.25, -0.2) is 0 Å². The van der Waals surface area contributed by atoms with E-state index in [0.29, 0.717) is 13.2 Å². The van der Waals surface area contributed by atoms with Crippen LogP contribution in [0.2, 0.25) is 0 Å². The minimum atomic E-state index is -0.623. The molecule has 4 atom stereocenters. The van der Waals surface area contributed by atoms with Crippen molar-refractivity contribution < 1.29 is 23.9 Å². The molecular weight excluding hydrogens is 282 g/mol. The minimum Gasteiger partial charge on any atom is -0.438 e. The number of fused-ring (bicyclic) bond motifs is 2. The highest BCUT2D eigenvalue weighted by molar-refractivity contribution is 5.23. The van der Waals surface area contributed by atoms with Crippen molar-refractivity contribution in [1.82, 2.24) is 9.55 Å². The molecule has 3 aliphatic heterocycles. The van der Waals surface area contributed by atoms with E-state index < -0.39 is 10.7 Å². The number of aromatic nitrogens is 2. The number of nitro groups is 1. The molecule has 0 saturated carbocycles. The summed E-state index contributed by atoms with van der Waals surface area (Å²) in [5.41, 5.74) is 0. The molecule has 2 fully saturated rings. The summed E-state index contributed by atoms with van der Waals surface area (Å²) in [5, 5.41) is 10.7. The Labute approximate surface area is 119 Å². The molecule has 0 spiro atoms. The van der Waals surface area contributed by atoms with E-state index in [9.17, 15) is 10.1 Å². The topological polar surface area (TPSA) is 97.9 Å². The minimum absolute atomic E-state index is 0.101. The smallest absolute Gasteiger partial charge is 0.414 e. The van der Waals surface area contributed by atoms with Crippen LogP contribution >= 0.6 is 0 Å². The lowest BCUT2D eigenvalue weighted by Crippen LogP contribution is -2.41. The Morgan fingerprint density at radius 3 is 2.90 bits per heavy atom. The lowest BCUT2D eigenvalue weighted by Gasteiger charge is -2.24. The molecule has 3 aliphatic rings. The van der Waals surface area contributed by atoms with Gasteiger partial charge in [0.25, 0.3) is 0 Å². The zero-order valence-corrected chi connectivity index (χ0v) is 11.6. The van der Waals surface area contributed by atoms with Gasteiger partial charge in [0.05, 0.1) is 13.2 Å². The maximum absolute atomic E-state index is 10.7. The fourth-order valence-corrected chi connectivity index (χ4v) is 3.13. The van der Waals surface area contributed by atoms with E-state index in [-0.39, 0.29) is 36.2 Å². The van der Waals surface area contributed by atoms with Crippen LogP contribution in [0.5, 0.6) is 6.01 Å². The summed E-state index contributed by atoms with van der Waals surface area (Å²) in [6, 6.07) is 0.247. The fraction of sp³-hybridized carbons (Fsp3) is 0.750. The molecule has 0 radical (unpaired) electrons. The van der Waals surface area contributed by atoms with Crippen LogP contribution in [0.25, 0.3) is 0 Å². The third-order valence-corrected chi connectivity index (χ3v) is 3.91. The van der Waals surface area contributed by atoms with Gasteiger partial charge in [-0.05, 0) is 18.8 Å². The molecule has 0 unspecified atom stereocenters. The van der Waals surface area contributed by atoms with E-state index in [1.807, 2.05) is 13.8 Å². The van der Waals surface area contributed by atoms with Gasteiger partial charge in [-0.3, -0.25) is 4.57 Å². The summed E-state index contributed by atoms with van der Waals surface area (Å²) < 4.78 is 24.7. The van der Waals surface area contributed by atoms with Gasteiger partial charge in [-0.2, -0.15) is 0 Å². The summed E-state index contributed by atoms with van der Waals surface area (Å²) >= 11 is 0. The molecule has 0 N–H and O–H groups in total. The van der Waals surface area contributed by atoms with Crippen LogP contribution in [0.1, 0.15) is 13.8 Å². The lowest BCUT2D eigenvalue weighted by atomic mass is 10.1. The van der Waals surface area contributed by atoms with Gasteiger partial charge in [0.15, 0.2) is 11.9 Å². The van der Waals surface area contributed by atoms with Gasteiger partial charge < -0.3 is 29.1 Å². The highest BCUT2D eigenvalue weighted by Gasteiger charge is 2.54. The molecule has 4 rings (SSSR count). The first-order valence-electron chi connectivity index (χ1n) is 6.78. The second-order valence-corrected chi connectivity index (χ2v) is 5.88. The van der Waals surface area contributed by atoms with Crippen LogP contribution in [0.15, 0.2) is 6.20 Å². The second kappa shape index (κ2) is 4.15. The molecule has 0 aliphatic carbocycles. The van der Waals surface area contributed by atoms with E-state index >= 15 is 0 Å². The van der Waals surface area contributed by atoms with Crippen molar-refractivity contribution in [2.75, 3.05) is 6.61 Å². The largest absolute Gasteiger partial charge is 0.438 e. The average molecular weight is 297 g/mol. The van der Waals surface area contributed by atoms with Crippen molar-refractivity contribution in [2.45, 2.75) is 50.6 Å². The zero-order chi connectivity index (χ0) is 14.8. The van der Waals surface area contributed by atoms with E-state index in [1.165, 1.54) is 6.20 Å². The third-order valence-electron chi connectivity index (χ3n) is 3.91. The van der Waals surface area contributed by atoms with E-state index in [4.69, 9.17) is 18.9 Å². The number of nitrogens with zero attached hydrogens (tertiary/aromatic N) is 3. The number of hydrogen-bond donors (Lipinski definition) is 0. The Hall–Kier alpha value is -1.71. The first kappa shape index (κ1) is 13.0. The Morgan fingerprint density at radius 2 is 2.19 bits per heavy atom. The van der Waals surface area contributed by atoms with Gasteiger partial charge in [0, 0.05) is 4.98 Å². The molecule has 2 saturated heterocycles. The summed E-state index contributed by atoms with van der Waals surface area (Å²) in [4.78, 5) is 14.0. The summed E-state index contributed by atoms with van der Waals surface area (Å²) in [7, 11) is 0. The quantitative estimate of drug-likeness (QED) is 0.578. The standard InChI is InChI=1S/C12H15N3O6/c1-12(2)20-7-5-18-9(10(7)21-12)6-3-14-4-8(15(16)17)13-11(14)19-6/h4,6-7,9-10H,3,5H2,1-2H3/t6-,7-,9-,10-/m1/s1. The number of rotatable bonds is 2. The van der Waals surface area contributed by atoms with Crippen LogP contribution < -0.4 is 4.74 Å². The average Bonchev–Trinajstić information content (AvgIpc) is 3.04. The van der Waals surface area contributed by atoms with Crippen molar-refractivity contribution in [2.24, 2.45) is 0 Å². The van der Waals surface area contributed by atoms with Crippen molar-refractivity contribution >= 4 is 5.82 Å². The van der Waals surface area contributed by atoms with Crippen LogP contribution in [0.3, 0.4) is 0 Å². The Kier molecular flexibility index (Phi) is 2.57. The van der Waals surface area contributed by atoms with Gasteiger partial charge in [0.1, 0.15) is 24.5 Å². The van der Waals surface area contributed by atoms with Crippen molar-refractivity contribution in [1.29, 1.82) is 0 Å². The molecule has 0 bridgehead atoms. The first-order valence-corrected chi connectivity index (χ1v) is 6.78. The highest BCUT2D eigenvalue weighted by Crippen LogP contribution is 2.38. The SMILES string of the molecule is CC1(C)O[C@H]2[C@@H]([C@H]3Cn4cc([N+](=O)[O-])nc4O3)OC[C@H]2O1. The summed E-state index contributed by atoms with van der Waals surface area (Å²) in [6.07, 6.45) is 0.538. The van der Waals surface area contributed by atoms with Gasteiger partial charge in [0.2, 0.25) is 0 Å². The van der Waals surface area contributed by atoms with Crippen LogP contribution in [-0.4, -0.2) is 51.3 Å². The molecular formula is C12H15N3O6. The molecule has 4 heterocycles. The molecule has 9 nitrogen and oxygen atoms in total. The van der Waals surface area contributed by atoms with Crippen molar-refractivity contribution in [3.8, 4) is 6.01 Å². The van der Waals surface area contributed by atoms with E-state index in [1.54, 1.807) is 4.57 Å². The van der Waals surface area contributed by atoms with E-state index in [2.05, 4.69) is 4.98 Å². The summed E-state index contributed by atoms with van der Waals surface area (Å²) in [6.45, 7) is 4.65. The number of ether oxygens (including phenoxy) is 4. The normalized spacial score (nSPS) is 36.3. The zero-order valence-electron chi connectivity index (χ0n) is 11.6. The van der Waals surface area contributed by atoms with E-state index in [0.717, 1.165) is 0 Å². The number of imidazole rings is 1. The molecule has 9 heteroatoms. The van der Waals surface area contributed by atoms with Crippen molar-refractivity contribution in [3.63, 3.8) is 0 Å². The first-order chi connectivity index (χ1) is 9.93. The molecule has 0 aromatic carbocycles. The monoisotopic (exact) mass is 297 g/mol. The molecule has 1 aromatic heterocycles. The second-order valence-electron chi connectivity index (χ2n) is 5.88. The number of hydrogen-bond acceptors (Lipinski definition) is 7. The van der Waals surface area contributed by atoms with Crippen LogP contribution in [-0.2, 0) is 20.8 Å². The molecule has 21 heavy (non-hydrogen) atoms. The van der Waals surface area contributed by atoms with Crippen LogP contribution in [0.4, 0.5) is 5.82 Å². The van der Waals surface area contributed by atoms with Crippen LogP contribution in [0, 0.1) is 10.1 Å². The maximum Gasteiger partial charge on any atom is 0.414 e. The van der Waals surface area contributed by atoms with Gasteiger partial charge in [-0.1, -0.05) is 0 Å². The molecule has 1 aromatic rings.